The van der Waals surface area contributed by atoms with Crippen LogP contribution < -0.4 is 5.32 Å². The quantitative estimate of drug-likeness (QED) is 0.400. The number of rotatable bonds is 9. The van der Waals surface area contributed by atoms with Crippen molar-refractivity contribution in [3.05, 3.63) is 59.7 Å². The average molecular weight is 359 g/mol. The molecule has 0 saturated carbocycles. The number of hydrogen-bond acceptors (Lipinski definition) is 2. The number of aryl methyl sites for hydroxylation is 1. The van der Waals surface area contributed by atoms with Crippen LogP contribution in [-0.4, -0.2) is 25.3 Å². The lowest BCUT2D eigenvalue weighted by atomic mass is 9.99. The summed E-state index contributed by atoms with van der Waals surface area (Å²) >= 11 is 0. The number of aliphatic imine (C=N–C) groups is 1. The standard InChI is InChI=1S/C20H30N2.2C2H6/c1-6-8-19(22-7-2)14-13-17-9-11-18(12-10-17)15-20(21-5)16(3)4;2*1-2/h6,8-12,20-21H,3,7,13-15H2,1-2,4-5H3;2*1-2H3/b8-6-,22-19?;;. The first kappa shape index (κ1) is 26.6. The van der Waals surface area contributed by atoms with Crippen LogP contribution in [0.1, 0.15) is 66.0 Å². The van der Waals surface area contributed by atoms with Crippen LogP contribution in [0.5, 0.6) is 0 Å². The van der Waals surface area contributed by atoms with E-state index >= 15 is 0 Å². The van der Waals surface area contributed by atoms with Crippen molar-refractivity contribution in [3.63, 3.8) is 0 Å². The molecule has 148 valence electrons. The molecule has 0 bridgehead atoms. The minimum atomic E-state index is 0.351. The topological polar surface area (TPSA) is 24.4 Å². The monoisotopic (exact) mass is 358 g/mol. The van der Waals surface area contributed by atoms with Gasteiger partial charge >= 0.3 is 0 Å². The van der Waals surface area contributed by atoms with Crippen molar-refractivity contribution < 1.29 is 0 Å². The van der Waals surface area contributed by atoms with Crippen LogP contribution in [0.4, 0.5) is 0 Å². The highest BCUT2D eigenvalue weighted by Gasteiger charge is 2.07. The van der Waals surface area contributed by atoms with E-state index in [9.17, 15) is 0 Å². The van der Waals surface area contributed by atoms with E-state index in [1.165, 1.54) is 22.4 Å². The number of benzene rings is 1. The Kier molecular flexibility index (Phi) is 18.5. The number of allylic oxidation sites excluding steroid dienone is 2. The third-order valence-electron chi connectivity index (χ3n) is 3.80. The van der Waals surface area contributed by atoms with Crippen LogP contribution in [0.2, 0.25) is 0 Å². The third-order valence-corrected chi connectivity index (χ3v) is 3.80. The highest BCUT2D eigenvalue weighted by Crippen LogP contribution is 2.12. The fourth-order valence-electron chi connectivity index (χ4n) is 2.48. The fourth-order valence-corrected chi connectivity index (χ4v) is 2.48. The van der Waals surface area contributed by atoms with Gasteiger partial charge in [-0.05, 0) is 64.3 Å². The van der Waals surface area contributed by atoms with Crippen molar-refractivity contribution in [2.75, 3.05) is 13.6 Å². The Hall–Kier alpha value is -1.67. The van der Waals surface area contributed by atoms with Crippen molar-refractivity contribution in [1.82, 2.24) is 5.32 Å². The predicted octanol–water partition coefficient (Wildman–Crippen LogP) is 6.42. The molecule has 1 aromatic rings. The Morgan fingerprint density at radius 3 is 2.08 bits per heavy atom. The molecule has 0 aromatic heterocycles. The first-order valence-electron chi connectivity index (χ1n) is 10.2. The van der Waals surface area contributed by atoms with E-state index in [1.807, 2.05) is 41.7 Å². The van der Waals surface area contributed by atoms with Crippen LogP contribution in [0.15, 0.2) is 53.6 Å². The first-order chi connectivity index (χ1) is 12.6. The molecule has 0 spiro atoms. The smallest absolute Gasteiger partial charge is 0.0364 e. The Balaban J connectivity index is 0. The zero-order valence-corrected chi connectivity index (χ0v) is 18.5. The second kappa shape index (κ2) is 18.1. The summed E-state index contributed by atoms with van der Waals surface area (Å²) in [5.74, 6) is 0. The molecule has 1 atom stereocenters. The van der Waals surface area contributed by atoms with Gasteiger partial charge in [0.2, 0.25) is 0 Å². The maximum atomic E-state index is 4.53. The summed E-state index contributed by atoms with van der Waals surface area (Å²) in [5, 5.41) is 3.31. The van der Waals surface area contributed by atoms with Gasteiger partial charge in [-0.2, -0.15) is 0 Å². The van der Waals surface area contributed by atoms with Crippen LogP contribution in [0.3, 0.4) is 0 Å². The third kappa shape index (κ3) is 11.8. The minimum Gasteiger partial charge on any atom is -0.313 e. The molecule has 2 heteroatoms. The Bertz CT molecular complexity index is 510. The Morgan fingerprint density at radius 1 is 1.12 bits per heavy atom. The molecule has 0 fully saturated rings. The summed E-state index contributed by atoms with van der Waals surface area (Å²) in [6, 6.07) is 9.28. The number of likely N-dealkylation sites (N-methyl/N-ethyl adjacent to an activating group) is 1. The molecule has 0 aliphatic heterocycles. The lowest BCUT2D eigenvalue weighted by Gasteiger charge is -2.16. The molecule has 0 aliphatic rings. The van der Waals surface area contributed by atoms with E-state index in [0.717, 1.165) is 25.8 Å². The van der Waals surface area contributed by atoms with Gasteiger partial charge in [-0.3, -0.25) is 4.99 Å². The van der Waals surface area contributed by atoms with Gasteiger partial charge in [-0.15, -0.1) is 0 Å². The summed E-state index contributed by atoms with van der Waals surface area (Å²) in [5.41, 5.74) is 5.08. The van der Waals surface area contributed by atoms with Gasteiger partial charge in [0.25, 0.3) is 0 Å². The molecule has 0 aliphatic carbocycles. The van der Waals surface area contributed by atoms with Crippen LogP contribution in [-0.2, 0) is 12.8 Å². The van der Waals surface area contributed by atoms with Gasteiger partial charge in [0, 0.05) is 18.3 Å². The van der Waals surface area contributed by atoms with Crippen molar-refractivity contribution in [1.29, 1.82) is 0 Å². The highest BCUT2D eigenvalue weighted by atomic mass is 14.9. The van der Waals surface area contributed by atoms with E-state index in [2.05, 4.69) is 67.2 Å². The molecule has 26 heavy (non-hydrogen) atoms. The van der Waals surface area contributed by atoms with E-state index in [0.29, 0.717) is 6.04 Å². The molecule has 1 unspecified atom stereocenters. The number of hydrogen-bond donors (Lipinski definition) is 1. The second-order valence-corrected chi connectivity index (χ2v) is 5.67. The largest absolute Gasteiger partial charge is 0.313 e. The summed E-state index contributed by atoms with van der Waals surface area (Å²) < 4.78 is 0. The fraction of sp³-hybridized carbons (Fsp3) is 0.542. The lowest BCUT2D eigenvalue weighted by Crippen LogP contribution is -2.28. The summed E-state index contributed by atoms with van der Waals surface area (Å²) in [6.45, 7) is 19.1. The van der Waals surface area contributed by atoms with E-state index in [4.69, 9.17) is 0 Å². The van der Waals surface area contributed by atoms with Crippen molar-refractivity contribution in [2.45, 2.75) is 73.8 Å². The summed E-state index contributed by atoms with van der Waals surface area (Å²) in [4.78, 5) is 4.53. The molecule has 0 radical (unpaired) electrons. The SMILES string of the molecule is C=C(C)C(Cc1ccc(CCC(/C=C\C)=NCC)cc1)NC.CC.CC. The molecular weight excluding hydrogens is 316 g/mol. The molecule has 2 nitrogen and oxygen atoms in total. The van der Waals surface area contributed by atoms with Crippen LogP contribution >= 0.6 is 0 Å². The van der Waals surface area contributed by atoms with E-state index in [-0.39, 0.29) is 0 Å². The first-order valence-corrected chi connectivity index (χ1v) is 10.2. The molecule has 0 amide bonds. The van der Waals surface area contributed by atoms with Gasteiger partial charge in [-0.1, -0.05) is 70.2 Å². The zero-order chi connectivity index (χ0) is 20.4. The van der Waals surface area contributed by atoms with E-state index < -0.39 is 0 Å². The van der Waals surface area contributed by atoms with Crippen molar-refractivity contribution in [3.8, 4) is 0 Å². The van der Waals surface area contributed by atoms with Crippen molar-refractivity contribution >= 4 is 5.71 Å². The van der Waals surface area contributed by atoms with E-state index in [1.54, 1.807) is 0 Å². The van der Waals surface area contributed by atoms with Crippen LogP contribution in [0.25, 0.3) is 0 Å². The van der Waals surface area contributed by atoms with Crippen LogP contribution in [0, 0.1) is 0 Å². The second-order valence-electron chi connectivity index (χ2n) is 5.67. The highest BCUT2D eigenvalue weighted by molar-refractivity contribution is 5.95. The molecular formula is C24H42N2. The molecule has 1 N–H and O–H groups in total. The predicted molar refractivity (Wildman–Crippen MR) is 122 cm³/mol. The maximum absolute atomic E-state index is 4.53. The molecule has 0 heterocycles. The molecule has 1 aromatic carbocycles. The molecule has 0 saturated heterocycles. The van der Waals surface area contributed by atoms with Gasteiger partial charge in [0.1, 0.15) is 0 Å². The minimum absolute atomic E-state index is 0.351. The Labute approximate surface area is 163 Å². The van der Waals surface area contributed by atoms with Crippen molar-refractivity contribution in [2.24, 2.45) is 4.99 Å². The normalized spacial score (nSPS) is 11.9. The zero-order valence-electron chi connectivity index (χ0n) is 18.5. The summed E-state index contributed by atoms with van der Waals surface area (Å²) in [6.07, 6.45) is 7.21. The Morgan fingerprint density at radius 2 is 1.65 bits per heavy atom. The van der Waals surface area contributed by atoms with Gasteiger partial charge in [-0.25, -0.2) is 0 Å². The molecule has 1 rings (SSSR count). The van der Waals surface area contributed by atoms with Gasteiger partial charge < -0.3 is 5.32 Å². The average Bonchev–Trinajstić information content (AvgIpc) is 2.68. The number of nitrogens with zero attached hydrogens (tertiary/aromatic N) is 1. The summed E-state index contributed by atoms with van der Waals surface area (Å²) in [7, 11) is 1.99. The maximum Gasteiger partial charge on any atom is 0.0364 e. The lowest BCUT2D eigenvalue weighted by molar-refractivity contribution is 0.634. The van der Waals surface area contributed by atoms with Gasteiger partial charge in [0.15, 0.2) is 0 Å². The number of nitrogens with one attached hydrogen (secondary N) is 1. The van der Waals surface area contributed by atoms with Gasteiger partial charge in [0.05, 0.1) is 0 Å².